The Balaban J connectivity index is 2.51. The third-order valence-electron chi connectivity index (χ3n) is 4.35. The summed E-state index contributed by atoms with van der Waals surface area (Å²) >= 11 is 5.98. The molecule has 0 spiro atoms. The van der Waals surface area contributed by atoms with Gasteiger partial charge in [-0.1, -0.05) is 50.9 Å². The number of halogens is 1. The van der Waals surface area contributed by atoms with Gasteiger partial charge < -0.3 is 4.74 Å². The number of ether oxygens (including phenoxy) is 1. The van der Waals surface area contributed by atoms with Crippen LogP contribution in [0.2, 0.25) is 5.02 Å². The second kappa shape index (κ2) is 7.75. The molecule has 1 aliphatic carbocycles. The fraction of sp³-hybridized carbons (Fsp3) is 0.500. The summed E-state index contributed by atoms with van der Waals surface area (Å²) in [5, 5.41) is 0.298. The van der Waals surface area contributed by atoms with Crippen molar-refractivity contribution < 1.29 is 13.2 Å². The summed E-state index contributed by atoms with van der Waals surface area (Å²) in [6.07, 6.45) is 5.37. The molecule has 0 bridgehead atoms. The Kier molecular flexibility index (Phi) is 6.26. The van der Waals surface area contributed by atoms with E-state index in [1.54, 1.807) is 6.08 Å². The maximum Gasteiger partial charge on any atom is 0.262 e. The van der Waals surface area contributed by atoms with E-state index in [9.17, 15) is 8.42 Å². The molecular formula is C18H24BClN2O3S. The van der Waals surface area contributed by atoms with Crippen molar-refractivity contribution >= 4 is 40.8 Å². The zero-order valence-electron chi connectivity index (χ0n) is 15.8. The van der Waals surface area contributed by atoms with Gasteiger partial charge in [0.15, 0.2) is 0 Å². The number of rotatable bonds is 5. The number of nitrogens with zero attached hydrogens (tertiary/aromatic N) is 2. The first-order chi connectivity index (χ1) is 12.0. The Labute approximate surface area is 162 Å². The normalized spacial score (nSPS) is 18.3. The van der Waals surface area contributed by atoms with Crippen molar-refractivity contribution in [3.63, 3.8) is 0 Å². The molecule has 0 fully saturated rings. The van der Waals surface area contributed by atoms with Crippen LogP contribution in [0.3, 0.4) is 0 Å². The molecule has 0 aromatic carbocycles. The smallest absolute Gasteiger partial charge is 0.262 e. The van der Waals surface area contributed by atoms with Gasteiger partial charge in [0, 0.05) is 18.9 Å². The Hall–Kier alpha value is -1.31. The first-order valence-electron chi connectivity index (χ1n) is 8.32. The highest BCUT2D eigenvalue weighted by molar-refractivity contribution is 7.96. The van der Waals surface area contributed by atoms with E-state index in [0.717, 1.165) is 4.31 Å². The lowest BCUT2D eigenvalue weighted by Gasteiger charge is -2.33. The highest BCUT2D eigenvalue weighted by atomic mass is 35.5. The molecule has 1 aliphatic rings. The summed E-state index contributed by atoms with van der Waals surface area (Å²) in [7, 11) is 3.48. The Morgan fingerprint density at radius 2 is 2.04 bits per heavy atom. The van der Waals surface area contributed by atoms with Gasteiger partial charge in [0.05, 0.1) is 15.6 Å². The van der Waals surface area contributed by atoms with Gasteiger partial charge in [-0.3, -0.25) is 4.98 Å². The quantitative estimate of drug-likeness (QED) is 0.568. The molecule has 2 radical (unpaired) electrons. The number of hydrogen-bond acceptors (Lipinski definition) is 4. The van der Waals surface area contributed by atoms with E-state index in [1.807, 2.05) is 13.0 Å². The van der Waals surface area contributed by atoms with E-state index in [1.165, 1.54) is 24.9 Å². The van der Waals surface area contributed by atoms with E-state index in [-0.39, 0.29) is 29.3 Å². The number of aromatic nitrogens is 1. The average molecular weight is 395 g/mol. The van der Waals surface area contributed by atoms with Gasteiger partial charge in [0.25, 0.3) is 10.0 Å². The maximum atomic E-state index is 13.3. The van der Waals surface area contributed by atoms with E-state index in [4.69, 9.17) is 24.2 Å². The summed E-state index contributed by atoms with van der Waals surface area (Å²) in [5.41, 5.74) is 1.49. The van der Waals surface area contributed by atoms with Gasteiger partial charge in [0.1, 0.15) is 14.6 Å². The maximum absolute atomic E-state index is 13.3. The van der Waals surface area contributed by atoms with Gasteiger partial charge in [0.2, 0.25) is 0 Å². The van der Waals surface area contributed by atoms with Crippen LogP contribution < -0.4 is 9.90 Å². The van der Waals surface area contributed by atoms with E-state index < -0.39 is 10.0 Å². The van der Waals surface area contributed by atoms with Crippen LogP contribution in [-0.2, 0) is 14.8 Å². The van der Waals surface area contributed by atoms with Crippen molar-refractivity contribution in [1.82, 2.24) is 4.98 Å². The number of hydrogen-bond donors (Lipinski definition) is 0. The fourth-order valence-electron chi connectivity index (χ4n) is 3.17. The van der Waals surface area contributed by atoms with E-state index in [0.29, 0.717) is 16.3 Å². The Morgan fingerprint density at radius 1 is 1.38 bits per heavy atom. The molecule has 1 heterocycles. The lowest BCUT2D eigenvalue weighted by molar-refractivity contribution is 0.210. The Morgan fingerprint density at radius 3 is 2.58 bits per heavy atom. The predicted molar refractivity (Wildman–Crippen MR) is 107 cm³/mol. The second-order valence-electron chi connectivity index (χ2n) is 7.44. The monoisotopic (exact) mass is 394 g/mol. The first-order valence-corrected chi connectivity index (χ1v) is 10.1. The summed E-state index contributed by atoms with van der Waals surface area (Å²) in [4.78, 5) is 4.27. The van der Waals surface area contributed by atoms with Gasteiger partial charge in [-0.15, -0.1) is 0 Å². The van der Waals surface area contributed by atoms with Crippen LogP contribution >= 0.6 is 11.6 Å². The third-order valence-corrected chi connectivity index (χ3v) is 6.41. The molecule has 0 saturated carbocycles. The zero-order valence-corrected chi connectivity index (χ0v) is 17.4. The largest absolute Gasteiger partial charge is 0.363 e. The molecule has 26 heavy (non-hydrogen) atoms. The molecule has 1 aromatic heterocycles. The lowest BCUT2D eigenvalue weighted by atomic mass is 9.76. The van der Waals surface area contributed by atoms with Gasteiger partial charge >= 0.3 is 0 Å². The molecule has 0 saturated heterocycles. The molecule has 2 rings (SSSR count). The van der Waals surface area contributed by atoms with Gasteiger partial charge in [-0.2, -0.15) is 0 Å². The molecule has 140 valence electrons. The molecular weight excluding hydrogens is 371 g/mol. The zero-order chi connectivity index (χ0) is 19.7. The third kappa shape index (κ3) is 4.33. The minimum atomic E-state index is -3.83. The van der Waals surface area contributed by atoms with Crippen molar-refractivity contribution in [1.29, 1.82) is 0 Å². The molecule has 5 nitrogen and oxygen atoms in total. The van der Waals surface area contributed by atoms with Crippen LogP contribution in [0.25, 0.3) is 0 Å². The lowest BCUT2D eigenvalue weighted by Crippen LogP contribution is -2.38. The Bertz CT molecular complexity index is 844. The average Bonchev–Trinajstić information content (AvgIpc) is 2.53. The SMILES string of the molecule is [B]c1ncc(Cl)cc1N(COC)S(=O)(=O)C1=CC=C(C(C)(C)C)C(C)C1. The minimum absolute atomic E-state index is 0.0151. The van der Waals surface area contributed by atoms with Crippen molar-refractivity contribution in [3.05, 3.63) is 39.9 Å². The molecule has 8 heteroatoms. The molecule has 0 amide bonds. The predicted octanol–water partition coefficient (Wildman–Crippen LogP) is 3.17. The second-order valence-corrected chi connectivity index (χ2v) is 9.79. The summed E-state index contributed by atoms with van der Waals surface area (Å²) in [6.45, 7) is 8.22. The standard InChI is InChI=1S/C18H24BClN2O3S/c1-12-8-14(6-7-15(12)18(2,3)4)26(23,24)22(11-25-5)16-9-13(20)10-21-17(16)19/h6-7,9-10,12H,8,11H2,1-5H3. The topological polar surface area (TPSA) is 59.5 Å². The van der Waals surface area contributed by atoms with Crippen molar-refractivity contribution in [2.24, 2.45) is 11.3 Å². The molecule has 1 atom stereocenters. The summed E-state index contributed by atoms with van der Waals surface area (Å²) < 4.78 is 32.7. The highest BCUT2D eigenvalue weighted by Crippen LogP contribution is 2.39. The fourth-order valence-corrected chi connectivity index (χ4v) is 4.96. The van der Waals surface area contributed by atoms with E-state index in [2.05, 4.69) is 25.8 Å². The number of pyridine rings is 1. The number of anilines is 1. The van der Waals surface area contributed by atoms with Crippen molar-refractivity contribution in [2.75, 3.05) is 18.1 Å². The van der Waals surface area contributed by atoms with Crippen LogP contribution in [-0.4, -0.2) is 35.1 Å². The van der Waals surface area contributed by atoms with Crippen LogP contribution in [0.5, 0.6) is 0 Å². The summed E-state index contributed by atoms with van der Waals surface area (Å²) in [6, 6.07) is 1.48. The van der Waals surface area contributed by atoms with Crippen LogP contribution in [0.4, 0.5) is 5.69 Å². The van der Waals surface area contributed by atoms with Gasteiger partial charge in [-0.25, -0.2) is 12.7 Å². The van der Waals surface area contributed by atoms with Crippen LogP contribution in [0.1, 0.15) is 34.1 Å². The van der Waals surface area contributed by atoms with Crippen LogP contribution in [0.15, 0.2) is 34.9 Å². The number of sulfonamides is 1. The molecule has 0 aliphatic heterocycles. The molecule has 0 N–H and O–H groups in total. The van der Waals surface area contributed by atoms with Gasteiger partial charge in [-0.05, 0) is 29.9 Å². The first kappa shape index (κ1) is 21.0. The van der Waals surface area contributed by atoms with Crippen molar-refractivity contribution in [2.45, 2.75) is 34.1 Å². The summed E-state index contributed by atoms with van der Waals surface area (Å²) in [5.74, 6) is 0.115. The van der Waals surface area contributed by atoms with E-state index >= 15 is 0 Å². The number of allylic oxidation sites excluding steroid dienone is 4. The van der Waals surface area contributed by atoms with Crippen LogP contribution in [0, 0.1) is 11.3 Å². The number of methoxy groups -OCH3 is 1. The highest BCUT2D eigenvalue weighted by Gasteiger charge is 2.33. The molecule has 1 aromatic rings. The minimum Gasteiger partial charge on any atom is -0.363 e. The van der Waals surface area contributed by atoms with Crippen molar-refractivity contribution in [3.8, 4) is 0 Å². The molecule has 1 unspecified atom stereocenters.